The number of ether oxygens (including phenoxy) is 3. The zero-order valence-electron chi connectivity index (χ0n) is 15.5. The Morgan fingerprint density at radius 2 is 1.96 bits per heavy atom. The number of nitrogens with one attached hydrogen (secondary N) is 3. The molecule has 1 aliphatic carbocycles. The molecule has 1 fully saturated rings. The van der Waals surface area contributed by atoms with Crippen LogP contribution in [0.1, 0.15) is 32.6 Å². The predicted octanol–water partition coefficient (Wildman–Crippen LogP) is 2.35. The molecule has 3 N–H and O–H groups in total. The molecule has 0 aromatic heterocycles. The third-order valence-corrected chi connectivity index (χ3v) is 4.11. The molecule has 0 saturated heterocycles. The number of hydrogen-bond donors (Lipinski definition) is 3. The number of hydrazine groups is 1. The summed E-state index contributed by atoms with van der Waals surface area (Å²) < 4.78 is 29.8. The van der Waals surface area contributed by atoms with E-state index in [1.807, 2.05) is 0 Å². The average Bonchev–Trinajstić information content (AvgIpc) is 3.15. The number of halogens is 1. The van der Waals surface area contributed by atoms with Crippen LogP contribution in [0.3, 0.4) is 0 Å². The summed E-state index contributed by atoms with van der Waals surface area (Å²) in [6, 6.07) is 3.47. The molecule has 9 heteroatoms. The number of carbonyl (C=O) groups excluding carboxylic acids is 2. The number of anilines is 1. The van der Waals surface area contributed by atoms with E-state index in [-0.39, 0.29) is 24.1 Å². The fourth-order valence-corrected chi connectivity index (χ4v) is 2.63. The Bertz CT molecular complexity index is 637. The van der Waals surface area contributed by atoms with Crippen LogP contribution in [0, 0.1) is 5.82 Å². The van der Waals surface area contributed by atoms with Crippen LogP contribution in [-0.4, -0.2) is 44.5 Å². The van der Waals surface area contributed by atoms with Crippen molar-refractivity contribution in [1.82, 2.24) is 10.9 Å². The van der Waals surface area contributed by atoms with E-state index in [4.69, 9.17) is 14.2 Å². The summed E-state index contributed by atoms with van der Waals surface area (Å²) in [5.41, 5.74) is 4.64. The van der Waals surface area contributed by atoms with Crippen LogP contribution in [0.25, 0.3) is 0 Å². The lowest BCUT2D eigenvalue weighted by atomic mass is 10.2. The minimum Gasteiger partial charge on any atom is -0.487 e. The summed E-state index contributed by atoms with van der Waals surface area (Å²) in [5, 5.41) is 2.43. The largest absolute Gasteiger partial charge is 0.487 e. The van der Waals surface area contributed by atoms with Crippen molar-refractivity contribution in [1.29, 1.82) is 0 Å². The normalized spacial score (nSPS) is 15.2. The van der Waals surface area contributed by atoms with Gasteiger partial charge in [0.05, 0.1) is 19.3 Å². The number of amides is 3. The molecule has 3 amide bonds. The summed E-state index contributed by atoms with van der Waals surface area (Å²) in [4.78, 5) is 23.6. The second kappa shape index (κ2) is 10.7. The predicted molar refractivity (Wildman–Crippen MR) is 96.9 cm³/mol. The van der Waals surface area contributed by atoms with Gasteiger partial charge in [-0.3, -0.25) is 10.2 Å². The van der Waals surface area contributed by atoms with E-state index in [0.717, 1.165) is 25.7 Å². The first-order chi connectivity index (χ1) is 13.0. The van der Waals surface area contributed by atoms with Gasteiger partial charge >= 0.3 is 6.03 Å². The van der Waals surface area contributed by atoms with Gasteiger partial charge in [0.1, 0.15) is 6.10 Å². The molecule has 2 rings (SSSR count). The first kappa shape index (κ1) is 20.9. The smallest absolute Gasteiger partial charge is 0.337 e. The lowest BCUT2D eigenvalue weighted by Gasteiger charge is -2.15. The van der Waals surface area contributed by atoms with E-state index in [0.29, 0.717) is 6.61 Å². The summed E-state index contributed by atoms with van der Waals surface area (Å²) >= 11 is 0. The second-order valence-corrected chi connectivity index (χ2v) is 6.24. The van der Waals surface area contributed by atoms with Crippen LogP contribution in [0.2, 0.25) is 0 Å². The quantitative estimate of drug-likeness (QED) is 0.473. The van der Waals surface area contributed by atoms with Crippen molar-refractivity contribution in [2.45, 2.75) is 44.8 Å². The van der Waals surface area contributed by atoms with E-state index in [1.165, 1.54) is 25.3 Å². The fourth-order valence-electron chi connectivity index (χ4n) is 2.63. The van der Waals surface area contributed by atoms with Gasteiger partial charge in [0.25, 0.3) is 5.91 Å². The summed E-state index contributed by atoms with van der Waals surface area (Å²) in [5.74, 6) is -0.903. The maximum Gasteiger partial charge on any atom is 0.337 e. The van der Waals surface area contributed by atoms with Crippen LogP contribution < -0.4 is 20.9 Å². The van der Waals surface area contributed by atoms with Gasteiger partial charge in [-0.2, -0.15) is 0 Å². The summed E-state index contributed by atoms with van der Waals surface area (Å²) in [6.07, 6.45) is 3.32. The number of urea groups is 1. The van der Waals surface area contributed by atoms with E-state index in [9.17, 15) is 14.0 Å². The van der Waals surface area contributed by atoms with Gasteiger partial charge in [-0.1, -0.05) is 0 Å². The number of rotatable bonds is 8. The van der Waals surface area contributed by atoms with Crippen LogP contribution in [0.4, 0.5) is 14.9 Å². The minimum atomic E-state index is -0.759. The molecule has 0 unspecified atom stereocenters. The van der Waals surface area contributed by atoms with Crippen molar-refractivity contribution in [2.24, 2.45) is 0 Å². The molecule has 0 radical (unpaired) electrons. The maximum atomic E-state index is 14.1. The Balaban J connectivity index is 1.76. The Morgan fingerprint density at radius 3 is 2.63 bits per heavy atom. The van der Waals surface area contributed by atoms with Crippen LogP contribution in [0.15, 0.2) is 18.2 Å². The maximum absolute atomic E-state index is 14.1. The topological polar surface area (TPSA) is 97.9 Å². The molecule has 0 bridgehead atoms. The molecule has 1 atom stereocenters. The third-order valence-electron chi connectivity index (χ3n) is 4.11. The van der Waals surface area contributed by atoms with Crippen molar-refractivity contribution >= 4 is 17.6 Å². The van der Waals surface area contributed by atoms with E-state index in [1.54, 1.807) is 6.92 Å². The molecule has 1 aliphatic rings. The number of methoxy groups -OCH3 is 1. The van der Waals surface area contributed by atoms with Gasteiger partial charge in [-0.05, 0) is 44.7 Å². The molecular formula is C18H26FN3O5. The molecule has 0 heterocycles. The highest BCUT2D eigenvalue weighted by atomic mass is 19.1. The number of benzene rings is 1. The van der Waals surface area contributed by atoms with Crippen molar-refractivity contribution in [3.63, 3.8) is 0 Å². The fraction of sp³-hybridized carbons (Fsp3) is 0.556. The Labute approximate surface area is 157 Å². The van der Waals surface area contributed by atoms with E-state index < -0.39 is 23.9 Å². The van der Waals surface area contributed by atoms with Crippen molar-refractivity contribution in [3.05, 3.63) is 24.0 Å². The van der Waals surface area contributed by atoms with Crippen LogP contribution >= 0.6 is 0 Å². The van der Waals surface area contributed by atoms with Crippen LogP contribution in [0.5, 0.6) is 5.75 Å². The minimum absolute atomic E-state index is 0.0462. The van der Waals surface area contributed by atoms with Gasteiger partial charge in [0, 0.05) is 18.9 Å². The number of hydrogen-bond acceptors (Lipinski definition) is 5. The lowest BCUT2D eigenvalue weighted by Crippen LogP contribution is -2.48. The van der Waals surface area contributed by atoms with Gasteiger partial charge < -0.3 is 19.5 Å². The van der Waals surface area contributed by atoms with Gasteiger partial charge in [0.15, 0.2) is 11.6 Å². The highest BCUT2D eigenvalue weighted by Gasteiger charge is 2.18. The molecule has 8 nitrogen and oxygen atoms in total. The molecule has 0 aliphatic heterocycles. The third kappa shape index (κ3) is 7.03. The Kier molecular flexibility index (Phi) is 8.28. The molecule has 1 aromatic carbocycles. The first-order valence-electron chi connectivity index (χ1n) is 8.93. The average molecular weight is 383 g/mol. The van der Waals surface area contributed by atoms with Crippen molar-refractivity contribution in [3.8, 4) is 5.75 Å². The monoisotopic (exact) mass is 383 g/mol. The van der Waals surface area contributed by atoms with E-state index in [2.05, 4.69) is 16.2 Å². The highest BCUT2D eigenvalue weighted by Crippen LogP contribution is 2.27. The number of carbonyl (C=O) groups is 2. The van der Waals surface area contributed by atoms with Crippen molar-refractivity contribution < 1.29 is 28.2 Å². The highest BCUT2D eigenvalue weighted by molar-refractivity contribution is 5.91. The first-order valence-corrected chi connectivity index (χ1v) is 8.93. The van der Waals surface area contributed by atoms with E-state index >= 15 is 0 Å². The Morgan fingerprint density at radius 1 is 1.22 bits per heavy atom. The van der Waals surface area contributed by atoms with Gasteiger partial charge in [0.2, 0.25) is 0 Å². The zero-order chi connectivity index (χ0) is 19.6. The standard InChI is InChI=1S/C18H26FN3O5/c1-12(26-10-9-25-2)17(23)21-22-18(24)20-13-7-8-16(15(19)11-13)27-14-5-3-4-6-14/h7-8,11-12,14H,3-6,9-10H2,1-2H3,(H,21,23)(H2,20,22,24)/t12-/m1/s1. The molecule has 1 saturated carbocycles. The van der Waals surface area contributed by atoms with Gasteiger partial charge in [-0.15, -0.1) is 0 Å². The summed E-state index contributed by atoms with van der Waals surface area (Å²) in [7, 11) is 1.52. The molecule has 150 valence electrons. The molecule has 0 spiro atoms. The molecular weight excluding hydrogens is 357 g/mol. The SMILES string of the molecule is COCCO[C@H](C)C(=O)NNC(=O)Nc1ccc(OC2CCCC2)c(F)c1. The Hall–Kier alpha value is -2.39. The lowest BCUT2D eigenvalue weighted by molar-refractivity contribution is -0.133. The summed E-state index contributed by atoms with van der Waals surface area (Å²) in [6.45, 7) is 2.16. The van der Waals surface area contributed by atoms with Crippen LogP contribution in [-0.2, 0) is 14.3 Å². The molecule has 27 heavy (non-hydrogen) atoms. The second-order valence-electron chi connectivity index (χ2n) is 6.24. The zero-order valence-corrected chi connectivity index (χ0v) is 15.5. The molecule has 1 aromatic rings. The van der Waals surface area contributed by atoms with Crippen molar-refractivity contribution in [2.75, 3.05) is 25.6 Å². The van der Waals surface area contributed by atoms with Gasteiger partial charge in [-0.25, -0.2) is 14.6 Å².